The molecule has 2 N–H and O–H groups in total. The summed E-state index contributed by atoms with van der Waals surface area (Å²) in [4.78, 5) is 0. The van der Waals surface area contributed by atoms with Gasteiger partial charge < -0.3 is 10.5 Å². The first-order valence-corrected chi connectivity index (χ1v) is 6.63. The van der Waals surface area contributed by atoms with Gasteiger partial charge in [-0.05, 0) is 47.9 Å². The van der Waals surface area contributed by atoms with Crippen molar-refractivity contribution in [2.24, 2.45) is 5.73 Å². The molecule has 2 aromatic rings. The number of hydrogen-bond acceptors (Lipinski definition) is 2. The fourth-order valence-corrected chi connectivity index (χ4v) is 2.50. The number of aryl methyl sites for hydroxylation is 1. The summed E-state index contributed by atoms with van der Waals surface area (Å²) in [7, 11) is 1.58. The van der Waals surface area contributed by atoms with Crippen LogP contribution in [-0.2, 0) is 0 Å². The largest absolute Gasteiger partial charge is 0.495 e. The molecule has 2 aromatic carbocycles. The van der Waals surface area contributed by atoms with Crippen molar-refractivity contribution < 1.29 is 4.74 Å². The Labute approximate surface area is 123 Å². The first kappa shape index (κ1) is 14.2. The monoisotopic (exact) mass is 295 g/mol. The Kier molecular flexibility index (Phi) is 4.35. The van der Waals surface area contributed by atoms with Crippen LogP contribution in [0.4, 0.5) is 0 Å². The smallest absolute Gasteiger partial charge is 0.137 e. The lowest BCUT2D eigenvalue weighted by Crippen LogP contribution is -2.12. The summed E-state index contributed by atoms with van der Waals surface area (Å²) in [5, 5.41) is 1.26. The second-order valence-corrected chi connectivity index (χ2v) is 5.28. The predicted octanol–water partition coefficient (Wildman–Crippen LogP) is 4.36. The topological polar surface area (TPSA) is 35.2 Å². The average Bonchev–Trinajstić information content (AvgIpc) is 2.37. The molecule has 0 spiro atoms. The van der Waals surface area contributed by atoms with Gasteiger partial charge in [0.25, 0.3) is 0 Å². The van der Waals surface area contributed by atoms with Gasteiger partial charge in [0.15, 0.2) is 0 Å². The van der Waals surface area contributed by atoms with Gasteiger partial charge in [0.1, 0.15) is 5.75 Å². The van der Waals surface area contributed by atoms with E-state index in [2.05, 4.69) is 0 Å². The number of hydrogen-bond donors (Lipinski definition) is 1. The van der Waals surface area contributed by atoms with Crippen molar-refractivity contribution >= 4 is 23.2 Å². The van der Waals surface area contributed by atoms with Gasteiger partial charge in [-0.1, -0.05) is 35.3 Å². The van der Waals surface area contributed by atoms with Crippen LogP contribution in [0.15, 0.2) is 36.4 Å². The van der Waals surface area contributed by atoms with Crippen LogP contribution >= 0.6 is 23.2 Å². The molecule has 100 valence electrons. The van der Waals surface area contributed by atoms with E-state index in [0.717, 1.165) is 16.7 Å². The van der Waals surface area contributed by atoms with Gasteiger partial charge in [-0.3, -0.25) is 0 Å². The van der Waals surface area contributed by atoms with Crippen molar-refractivity contribution in [2.45, 2.75) is 13.0 Å². The Morgan fingerprint density at radius 3 is 2.42 bits per heavy atom. The summed E-state index contributed by atoms with van der Waals surface area (Å²) in [5.41, 5.74) is 9.25. The Morgan fingerprint density at radius 2 is 1.79 bits per heavy atom. The second-order valence-electron chi connectivity index (χ2n) is 4.43. The molecule has 0 aliphatic rings. The van der Waals surface area contributed by atoms with E-state index in [0.29, 0.717) is 15.8 Å². The minimum absolute atomic E-state index is 0.261. The first-order chi connectivity index (χ1) is 9.01. The van der Waals surface area contributed by atoms with Crippen molar-refractivity contribution in [1.82, 2.24) is 0 Å². The number of benzene rings is 2. The highest BCUT2D eigenvalue weighted by Gasteiger charge is 2.12. The van der Waals surface area contributed by atoms with Crippen LogP contribution in [0.25, 0.3) is 0 Å². The van der Waals surface area contributed by atoms with Crippen LogP contribution in [-0.4, -0.2) is 7.11 Å². The Morgan fingerprint density at radius 1 is 1.05 bits per heavy atom. The highest BCUT2D eigenvalue weighted by molar-refractivity contribution is 6.32. The molecule has 0 saturated heterocycles. The van der Waals surface area contributed by atoms with Crippen molar-refractivity contribution in [3.05, 3.63) is 63.1 Å². The average molecular weight is 296 g/mol. The van der Waals surface area contributed by atoms with Gasteiger partial charge in [0.2, 0.25) is 0 Å². The number of methoxy groups -OCH3 is 1. The molecule has 2 rings (SSSR count). The zero-order valence-electron chi connectivity index (χ0n) is 10.8. The SMILES string of the molecule is COc1cc(C(N)c2cc(C)cc(Cl)c2)ccc1Cl. The van der Waals surface area contributed by atoms with Crippen LogP contribution in [0.1, 0.15) is 22.7 Å². The van der Waals surface area contributed by atoms with E-state index in [9.17, 15) is 0 Å². The standard InChI is InChI=1S/C15H15Cl2NO/c1-9-5-11(7-12(16)6-9)15(18)10-3-4-13(17)14(8-10)19-2/h3-8,15H,18H2,1-2H3. The second kappa shape index (κ2) is 5.83. The highest BCUT2D eigenvalue weighted by atomic mass is 35.5. The lowest BCUT2D eigenvalue weighted by Gasteiger charge is -2.15. The molecule has 0 saturated carbocycles. The third kappa shape index (κ3) is 3.21. The minimum atomic E-state index is -0.261. The fourth-order valence-electron chi connectivity index (χ4n) is 2.01. The normalized spacial score (nSPS) is 12.3. The maximum atomic E-state index is 6.27. The molecule has 2 nitrogen and oxygen atoms in total. The van der Waals surface area contributed by atoms with E-state index in [1.54, 1.807) is 13.2 Å². The van der Waals surface area contributed by atoms with Crippen LogP contribution in [0.2, 0.25) is 10.0 Å². The van der Waals surface area contributed by atoms with E-state index in [4.69, 9.17) is 33.7 Å². The lowest BCUT2D eigenvalue weighted by atomic mass is 9.98. The molecule has 0 aromatic heterocycles. The molecular formula is C15H15Cl2NO. The maximum absolute atomic E-state index is 6.27. The first-order valence-electron chi connectivity index (χ1n) is 5.87. The van der Waals surface area contributed by atoms with Crippen molar-refractivity contribution in [2.75, 3.05) is 7.11 Å². The molecule has 4 heteroatoms. The van der Waals surface area contributed by atoms with Gasteiger partial charge >= 0.3 is 0 Å². The quantitative estimate of drug-likeness (QED) is 0.913. The highest BCUT2D eigenvalue weighted by Crippen LogP contribution is 2.30. The molecule has 0 aliphatic carbocycles. The number of nitrogens with two attached hydrogens (primary N) is 1. The van der Waals surface area contributed by atoms with E-state index in [1.807, 2.05) is 37.3 Å². The summed E-state index contributed by atoms with van der Waals surface area (Å²) in [5.74, 6) is 0.619. The van der Waals surface area contributed by atoms with E-state index in [-0.39, 0.29) is 6.04 Å². The molecule has 1 atom stereocenters. The predicted molar refractivity (Wildman–Crippen MR) is 80.2 cm³/mol. The number of halogens is 2. The van der Waals surface area contributed by atoms with E-state index >= 15 is 0 Å². The lowest BCUT2D eigenvalue weighted by molar-refractivity contribution is 0.414. The zero-order valence-corrected chi connectivity index (χ0v) is 12.3. The van der Waals surface area contributed by atoms with Crippen molar-refractivity contribution in [1.29, 1.82) is 0 Å². The number of ether oxygens (including phenoxy) is 1. The molecule has 0 aliphatic heterocycles. The molecule has 0 amide bonds. The van der Waals surface area contributed by atoms with Gasteiger partial charge in [-0.2, -0.15) is 0 Å². The van der Waals surface area contributed by atoms with Gasteiger partial charge in [0.05, 0.1) is 18.2 Å². The Bertz CT molecular complexity index is 578. The van der Waals surface area contributed by atoms with E-state index < -0.39 is 0 Å². The maximum Gasteiger partial charge on any atom is 0.137 e. The molecule has 0 heterocycles. The molecule has 0 bridgehead atoms. The molecule has 0 radical (unpaired) electrons. The van der Waals surface area contributed by atoms with Crippen LogP contribution in [0.3, 0.4) is 0 Å². The summed E-state index contributed by atoms with van der Waals surface area (Å²) >= 11 is 12.1. The summed E-state index contributed by atoms with van der Waals surface area (Å²) < 4.78 is 5.21. The summed E-state index contributed by atoms with van der Waals surface area (Å²) in [6.07, 6.45) is 0. The van der Waals surface area contributed by atoms with Crippen LogP contribution in [0, 0.1) is 6.92 Å². The molecule has 0 fully saturated rings. The van der Waals surface area contributed by atoms with E-state index in [1.165, 1.54) is 0 Å². The molecular weight excluding hydrogens is 281 g/mol. The molecule has 1 unspecified atom stereocenters. The molecule has 19 heavy (non-hydrogen) atoms. The fraction of sp³-hybridized carbons (Fsp3) is 0.200. The third-order valence-electron chi connectivity index (χ3n) is 2.96. The Hall–Kier alpha value is -1.22. The Balaban J connectivity index is 2.40. The van der Waals surface area contributed by atoms with Crippen LogP contribution in [0.5, 0.6) is 5.75 Å². The van der Waals surface area contributed by atoms with Crippen molar-refractivity contribution in [3.63, 3.8) is 0 Å². The van der Waals surface area contributed by atoms with Gasteiger partial charge in [-0.25, -0.2) is 0 Å². The zero-order chi connectivity index (χ0) is 14.0. The van der Waals surface area contributed by atoms with Crippen molar-refractivity contribution in [3.8, 4) is 5.75 Å². The van der Waals surface area contributed by atoms with Gasteiger partial charge in [0, 0.05) is 5.02 Å². The van der Waals surface area contributed by atoms with Gasteiger partial charge in [-0.15, -0.1) is 0 Å². The summed E-state index contributed by atoms with van der Waals surface area (Å²) in [6.45, 7) is 1.99. The summed E-state index contributed by atoms with van der Waals surface area (Å²) in [6, 6.07) is 11.1. The minimum Gasteiger partial charge on any atom is -0.495 e. The van der Waals surface area contributed by atoms with Crippen LogP contribution < -0.4 is 10.5 Å². The third-order valence-corrected chi connectivity index (χ3v) is 3.49. The number of rotatable bonds is 3.